The molecule has 2 aromatic rings. The van der Waals surface area contributed by atoms with Crippen LogP contribution in [0.15, 0.2) is 48.5 Å². The molecule has 0 saturated heterocycles. The highest BCUT2D eigenvalue weighted by Crippen LogP contribution is 2.16. The Morgan fingerprint density at radius 1 is 1.00 bits per heavy atom. The molecule has 0 heterocycles. The van der Waals surface area contributed by atoms with E-state index in [4.69, 9.17) is 9.47 Å². The van der Waals surface area contributed by atoms with E-state index in [1.807, 2.05) is 55.5 Å². The van der Waals surface area contributed by atoms with E-state index in [0.29, 0.717) is 38.5 Å². The first-order chi connectivity index (χ1) is 16.4. The number of hydrogen-bond acceptors (Lipinski definition) is 4. The largest absolute Gasteiger partial charge is 0.492 e. The number of anilines is 1. The van der Waals surface area contributed by atoms with Crippen molar-refractivity contribution in [2.45, 2.75) is 59.0 Å². The van der Waals surface area contributed by atoms with Crippen molar-refractivity contribution in [3.8, 4) is 5.75 Å². The number of ether oxygens (including phenoxy) is 2. The summed E-state index contributed by atoms with van der Waals surface area (Å²) < 4.78 is 11.1. The second-order valence-corrected chi connectivity index (χ2v) is 8.27. The Bertz CT molecular complexity index is 885. The summed E-state index contributed by atoms with van der Waals surface area (Å²) in [4.78, 5) is 26.0. The van der Waals surface area contributed by atoms with E-state index in [2.05, 4.69) is 12.2 Å². The van der Waals surface area contributed by atoms with E-state index in [-0.39, 0.29) is 6.03 Å². The van der Waals surface area contributed by atoms with Crippen LogP contribution in [0.4, 0.5) is 10.5 Å². The van der Waals surface area contributed by atoms with Crippen molar-refractivity contribution in [2.75, 3.05) is 31.6 Å². The number of aliphatic carboxylic acids is 1. The van der Waals surface area contributed by atoms with Gasteiger partial charge in [0.05, 0.1) is 6.54 Å². The highest BCUT2D eigenvalue weighted by atomic mass is 16.5. The van der Waals surface area contributed by atoms with Gasteiger partial charge in [0.15, 0.2) is 6.10 Å². The average Bonchev–Trinajstić information content (AvgIpc) is 2.82. The van der Waals surface area contributed by atoms with Gasteiger partial charge in [-0.3, -0.25) is 0 Å². The lowest BCUT2D eigenvalue weighted by Crippen LogP contribution is -2.38. The molecule has 0 aliphatic heterocycles. The Hall–Kier alpha value is -3.06. The van der Waals surface area contributed by atoms with Crippen molar-refractivity contribution in [2.24, 2.45) is 0 Å². The van der Waals surface area contributed by atoms with Crippen molar-refractivity contribution in [1.29, 1.82) is 0 Å². The number of carbonyl (C=O) groups excluding carboxylic acids is 1. The first-order valence-corrected chi connectivity index (χ1v) is 12.1. The van der Waals surface area contributed by atoms with E-state index in [1.54, 1.807) is 11.8 Å². The second kappa shape index (κ2) is 15.0. The van der Waals surface area contributed by atoms with Gasteiger partial charge in [0, 0.05) is 25.3 Å². The molecular weight excluding hydrogens is 432 g/mol. The van der Waals surface area contributed by atoms with E-state index < -0.39 is 12.1 Å². The lowest BCUT2D eigenvalue weighted by Gasteiger charge is -2.24. The molecule has 7 nitrogen and oxygen atoms in total. The van der Waals surface area contributed by atoms with Gasteiger partial charge in [-0.1, -0.05) is 56.5 Å². The normalized spacial score (nSPS) is 11.6. The number of urea groups is 1. The van der Waals surface area contributed by atoms with Crippen LogP contribution in [0.25, 0.3) is 0 Å². The minimum atomic E-state index is -0.967. The van der Waals surface area contributed by atoms with Crippen LogP contribution >= 0.6 is 0 Å². The van der Waals surface area contributed by atoms with E-state index in [0.717, 1.165) is 42.5 Å². The van der Waals surface area contributed by atoms with Crippen molar-refractivity contribution in [3.05, 3.63) is 59.7 Å². The number of para-hydroxylation sites is 1. The summed E-state index contributed by atoms with van der Waals surface area (Å²) in [6, 6.07) is 14.9. The number of carboxylic acid groups (broad SMARTS) is 1. The minimum absolute atomic E-state index is 0.125. The number of unbranched alkanes of at least 4 members (excludes halogenated alkanes) is 3. The number of rotatable bonds is 15. The highest BCUT2D eigenvalue weighted by Gasteiger charge is 2.18. The number of hydrogen-bond donors (Lipinski definition) is 2. The van der Waals surface area contributed by atoms with Gasteiger partial charge in [0.25, 0.3) is 0 Å². The summed E-state index contributed by atoms with van der Waals surface area (Å²) in [5, 5.41) is 12.3. The van der Waals surface area contributed by atoms with Gasteiger partial charge in [-0.05, 0) is 49.6 Å². The second-order valence-electron chi connectivity index (χ2n) is 8.27. The molecule has 2 N–H and O–H groups in total. The zero-order valence-corrected chi connectivity index (χ0v) is 20.6. The van der Waals surface area contributed by atoms with Gasteiger partial charge < -0.3 is 24.8 Å². The summed E-state index contributed by atoms with van der Waals surface area (Å²) in [7, 11) is 0. The summed E-state index contributed by atoms with van der Waals surface area (Å²) in [5.41, 5.74) is 2.70. The first-order valence-electron chi connectivity index (χ1n) is 12.1. The third-order valence-electron chi connectivity index (χ3n) is 5.57. The van der Waals surface area contributed by atoms with Crippen molar-refractivity contribution < 1.29 is 24.2 Å². The van der Waals surface area contributed by atoms with Crippen LogP contribution in [0.5, 0.6) is 5.75 Å². The van der Waals surface area contributed by atoms with Gasteiger partial charge in [-0.2, -0.15) is 0 Å². The van der Waals surface area contributed by atoms with Crippen LogP contribution in [0, 0.1) is 6.92 Å². The lowest BCUT2D eigenvalue weighted by atomic mass is 10.1. The fraction of sp³-hybridized carbons (Fsp3) is 0.481. The van der Waals surface area contributed by atoms with Crippen LogP contribution in [0.3, 0.4) is 0 Å². The standard InChI is InChI=1S/C27H38N2O5/c1-4-6-7-10-17-29(27(32)28-24-12-9-8-11-21(24)3)18-19-34-23-15-13-22(14-16-23)20-25(26(30)31)33-5-2/h8-9,11-16,25H,4-7,10,17-20H2,1-3H3,(H,28,32)(H,30,31). The van der Waals surface area contributed by atoms with Crippen molar-refractivity contribution >= 4 is 17.7 Å². The van der Waals surface area contributed by atoms with Crippen molar-refractivity contribution in [1.82, 2.24) is 4.90 Å². The van der Waals surface area contributed by atoms with Crippen LogP contribution in [-0.2, 0) is 16.0 Å². The molecule has 0 aliphatic rings. The molecule has 0 bridgehead atoms. The maximum absolute atomic E-state index is 12.9. The molecule has 186 valence electrons. The molecule has 2 amide bonds. The van der Waals surface area contributed by atoms with Crippen LogP contribution in [0.1, 0.15) is 50.7 Å². The molecule has 7 heteroatoms. The Labute approximate surface area is 203 Å². The molecular formula is C27H38N2O5. The smallest absolute Gasteiger partial charge is 0.333 e. The van der Waals surface area contributed by atoms with Gasteiger partial charge in [0.2, 0.25) is 0 Å². The van der Waals surface area contributed by atoms with Crippen LogP contribution < -0.4 is 10.1 Å². The Morgan fingerprint density at radius 3 is 2.38 bits per heavy atom. The molecule has 0 saturated carbocycles. The fourth-order valence-corrected chi connectivity index (χ4v) is 3.58. The van der Waals surface area contributed by atoms with Crippen LogP contribution in [0.2, 0.25) is 0 Å². The molecule has 0 spiro atoms. The predicted octanol–water partition coefficient (Wildman–Crippen LogP) is 5.52. The molecule has 2 aromatic carbocycles. The Kier molecular flexibility index (Phi) is 12.0. The third kappa shape index (κ3) is 9.43. The van der Waals surface area contributed by atoms with Gasteiger partial charge in [-0.25, -0.2) is 9.59 Å². The number of benzene rings is 2. The Balaban J connectivity index is 1.91. The number of aryl methyl sites for hydroxylation is 1. The molecule has 1 unspecified atom stereocenters. The third-order valence-corrected chi connectivity index (χ3v) is 5.57. The number of carboxylic acids is 1. The van der Waals surface area contributed by atoms with Gasteiger partial charge >= 0.3 is 12.0 Å². The lowest BCUT2D eigenvalue weighted by molar-refractivity contribution is -0.149. The summed E-state index contributed by atoms with van der Waals surface area (Å²) in [6.45, 7) is 7.78. The molecule has 1 atom stereocenters. The molecule has 0 radical (unpaired) electrons. The summed E-state index contributed by atoms with van der Waals surface area (Å²) >= 11 is 0. The topological polar surface area (TPSA) is 88.1 Å². The number of amides is 2. The molecule has 0 aliphatic carbocycles. The van der Waals surface area contributed by atoms with Crippen molar-refractivity contribution in [3.63, 3.8) is 0 Å². The average molecular weight is 471 g/mol. The molecule has 0 fully saturated rings. The quantitative estimate of drug-likeness (QED) is 0.335. The SMILES string of the molecule is CCCCCCN(CCOc1ccc(CC(OCC)C(=O)O)cc1)C(=O)Nc1ccccc1C. The summed E-state index contributed by atoms with van der Waals surface area (Å²) in [6.07, 6.45) is 3.79. The van der Waals surface area contributed by atoms with E-state index in [9.17, 15) is 14.7 Å². The fourth-order valence-electron chi connectivity index (χ4n) is 3.58. The zero-order valence-electron chi connectivity index (χ0n) is 20.6. The monoisotopic (exact) mass is 470 g/mol. The molecule has 2 rings (SSSR count). The molecule has 34 heavy (non-hydrogen) atoms. The van der Waals surface area contributed by atoms with E-state index >= 15 is 0 Å². The number of nitrogens with zero attached hydrogens (tertiary/aromatic N) is 1. The Morgan fingerprint density at radius 2 is 1.74 bits per heavy atom. The van der Waals surface area contributed by atoms with Gasteiger partial charge in [-0.15, -0.1) is 0 Å². The van der Waals surface area contributed by atoms with E-state index in [1.165, 1.54) is 0 Å². The van der Waals surface area contributed by atoms with Crippen LogP contribution in [-0.4, -0.2) is 54.4 Å². The number of nitrogens with one attached hydrogen (secondary N) is 1. The summed E-state index contributed by atoms with van der Waals surface area (Å²) in [5.74, 6) is -0.289. The minimum Gasteiger partial charge on any atom is -0.492 e. The van der Waals surface area contributed by atoms with Gasteiger partial charge in [0.1, 0.15) is 12.4 Å². The highest BCUT2D eigenvalue weighted by molar-refractivity contribution is 5.90. The first kappa shape index (κ1) is 27.2. The maximum Gasteiger partial charge on any atom is 0.333 e. The molecule has 0 aromatic heterocycles. The predicted molar refractivity (Wildman–Crippen MR) is 135 cm³/mol. The number of carbonyl (C=O) groups is 2. The zero-order chi connectivity index (χ0) is 24.8. The maximum atomic E-state index is 12.9.